The van der Waals surface area contributed by atoms with Crippen LogP contribution in [0.4, 0.5) is 0 Å². The third kappa shape index (κ3) is 6.43. The second-order valence-corrected chi connectivity index (χ2v) is 8.32. The van der Waals surface area contributed by atoms with Crippen LogP contribution in [0.2, 0.25) is 0 Å². The number of fused-ring (bicyclic) bond motifs is 4. The van der Waals surface area contributed by atoms with E-state index in [-0.39, 0.29) is 17.0 Å². The lowest BCUT2D eigenvalue weighted by Crippen LogP contribution is -2.54. The summed E-state index contributed by atoms with van der Waals surface area (Å²) in [7, 11) is -3.01. The number of aromatic nitrogens is 1. The van der Waals surface area contributed by atoms with E-state index in [2.05, 4.69) is 22.5 Å². The maximum atomic E-state index is 11.2. The summed E-state index contributed by atoms with van der Waals surface area (Å²) >= 11 is 0. The van der Waals surface area contributed by atoms with Crippen LogP contribution in [-0.2, 0) is 10.4 Å². The minimum Gasteiger partial charge on any atom is -0.497 e. The Morgan fingerprint density at radius 1 is 1.29 bits per heavy atom. The first kappa shape index (κ1) is 26.9. The smallest absolute Gasteiger partial charge is 0.394 e. The number of methoxy groups -OCH3 is 1. The molecule has 3 fully saturated rings. The Hall–Kier alpha value is -2.12. The summed E-state index contributed by atoms with van der Waals surface area (Å²) in [5.74, 6) is 2.01. The fourth-order valence-corrected chi connectivity index (χ4v) is 4.44. The molecule has 1 aromatic heterocycles. The van der Waals surface area contributed by atoms with E-state index in [1.165, 1.54) is 6.42 Å². The van der Waals surface area contributed by atoms with Gasteiger partial charge in [-0.3, -0.25) is 19.0 Å². The SMILES string of the molecule is C=C[C@H]1CN2CC[C@H]1C[C@@H]2[C@H](O)c1ccnc2ccc(OC)cc12.O.O.O=S(=O)(O)O. The first-order chi connectivity index (χ1) is 13.7. The van der Waals surface area contributed by atoms with E-state index in [4.69, 9.17) is 22.3 Å². The summed E-state index contributed by atoms with van der Waals surface area (Å²) in [4.78, 5) is 6.86. The van der Waals surface area contributed by atoms with Crippen LogP contribution in [0.5, 0.6) is 5.75 Å². The standard InChI is InChI=1S/C20H24N2O2.H2O4S.2H2O/c1-3-13-12-22-9-7-14(13)10-19(22)20(23)16-6-8-21-18-5-4-15(24-2)11-17(16)18;1-5(2,3)4;;/h3-6,8,11,13-14,19-20,23H,1,7,9-10,12H2,2H3;(H2,1,2,3,4);2*1H2/t13-,14-,19+,20+;;;/m0.../s1. The highest BCUT2D eigenvalue weighted by Gasteiger charge is 2.42. The summed E-state index contributed by atoms with van der Waals surface area (Å²) in [6.45, 7) is 6.07. The van der Waals surface area contributed by atoms with Gasteiger partial charge in [-0.1, -0.05) is 6.08 Å². The molecule has 0 saturated carbocycles. The number of nitrogens with zero attached hydrogens (tertiary/aromatic N) is 2. The number of pyridine rings is 1. The molecule has 1 unspecified atom stereocenters. The van der Waals surface area contributed by atoms with Crippen molar-refractivity contribution in [3.05, 3.63) is 48.7 Å². The van der Waals surface area contributed by atoms with Gasteiger partial charge in [0.05, 0.1) is 18.7 Å². The number of piperidine rings is 3. The van der Waals surface area contributed by atoms with E-state index < -0.39 is 16.5 Å². The Labute approximate surface area is 181 Å². The topological polar surface area (TPSA) is 183 Å². The fraction of sp³-hybridized carbons (Fsp3) is 0.450. The van der Waals surface area contributed by atoms with Crippen molar-refractivity contribution in [2.75, 3.05) is 20.2 Å². The van der Waals surface area contributed by atoms with Gasteiger partial charge in [-0.05, 0) is 61.1 Å². The van der Waals surface area contributed by atoms with Crippen LogP contribution in [0.3, 0.4) is 0 Å². The van der Waals surface area contributed by atoms with Gasteiger partial charge < -0.3 is 20.8 Å². The van der Waals surface area contributed by atoms with Crippen molar-refractivity contribution in [1.29, 1.82) is 0 Å². The second-order valence-electron chi connectivity index (χ2n) is 7.42. The molecule has 7 N–H and O–H groups in total. The van der Waals surface area contributed by atoms with Crippen molar-refractivity contribution in [2.24, 2.45) is 11.8 Å². The van der Waals surface area contributed by atoms with Crippen molar-refractivity contribution >= 4 is 21.3 Å². The van der Waals surface area contributed by atoms with Crippen LogP contribution >= 0.6 is 0 Å². The number of ether oxygens (including phenoxy) is 1. The molecule has 5 atom stereocenters. The van der Waals surface area contributed by atoms with Crippen LogP contribution in [0.15, 0.2) is 43.1 Å². The molecular weight excluding hydrogens is 428 g/mol. The molecule has 0 radical (unpaired) electrons. The average molecular weight is 459 g/mol. The Bertz CT molecular complexity index is 976. The quantitative estimate of drug-likeness (QED) is 0.445. The summed E-state index contributed by atoms with van der Waals surface area (Å²) in [6, 6.07) is 7.96. The number of hydrogen-bond acceptors (Lipinski definition) is 6. The highest BCUT2D eigenvalue weighted by molar-refractivity contribution is 7.79. The minimum atomic E-state index is -4.67. The summed E-state index contributed by atoms with van der Waals surface area (Å²) < 4.78 is 36.9. The molecule has 2 aromatic rings. The van der Waals surface area contributed by atoms with E-state index in [9.17, 15) is 5.11 Å². The van der Waals surface area contributed by atoms with Crippen molar-refractivity contribution in [3.63, 3.8) is 0 Å². The van der Waals surface area contributed by atoms with Gasteiger partial charge in [0.15, 0.2) is 0 Å². The Kier molecular flexibility index (Phi) is 9.51. The monoisotopic (exact) mass is 458 g/mol. The molecule has 1 aromatic carbocycles. The van der Waals surface area contributed by atoms with Crippen molar-refractivity contribution in [3.8, 4) is 5.75 Å². The molecule has 3 aliphatic rings. The average Bonchev–Trinajstić information content (AvgIpc) is 2.71. The molecule has 31 heavy (non-hydrogen) atoms. The van der Waals surface area contributed by atoms with E-state index >= 15 is 0 Å². The van der Waals surface area contributed by atoms with Crippen molar-refractivity contribution in [2.45, 2.75) is 25.0 Å². The zero-order valence-corrected chi connectivity index (χ0v) is 18.0. The van der Waals surface area contributed by atoms with Gasteiger partial charge >= 0.3 is 10.4 Å². The van der Waals surface area contributed by atoms with Gasteiger partial charge in [-0.2, -0.15) is 8.42 Å². The molecule has 2 bridgehead atoms. The number of hydrogen-bond donors (Lipinski definition) is 3. The third-order valence-corrected chi connectivity index (χ3v) is 5.82. The Morgan fingerprint density at radius 3 is 2.52 bits per heavy atom. The normalized spacial score (nSPS) is 25.3. The first-order valence-corrected chi connectivity index (χ1v) is 10.8. The number of rotatable bonds is 4. The van der Waals surface area contributed by atoms with E-state index in [1.54, 1.807) is 13.3 Å². The second kappa shape index (κ2) is 11.0. The number of aliphatic hydroxyl groups excluding tert-OH is 1. The highest BCUT2D eigenvalue weighted by Crippen LogP contribution is 2.42. The zero-order valence-electron chi connectivity index (χ0n) is 17.2. The maximum Gasteiger partial charge on any atom is 0.394 e. The lowest BCUT2D eigenvalue weighted by Gasteiger charge is -2.50. The molecule has 4 heterocycles. The molecule has 0 spiro atoms. The van der Waals surface area contributed by atoms with Crippen molar-refractivity contribution < 1.29 is 38.3 Å². The highest BCUT2D eigenvalue weighted by atomic mass is 32.3. The molecule has 3 saturated heterocycles. The summed E-state index contributed by atoms with van der Waals surface area (Å²) in [6.07, 6.45) is 5.62. The predicted octanol–water partition coefficient (Wildman–Crippen LogP) is 0.871. The Balaban J connectivity index is 0.000000622. The van der Waals surface area contributed by atoms with Crippen molar-refractivity contribution in [1.82, 2.24) is 9.88 Å². The number of aliphatic hydroxyl groups is 1. The van der Waals surface area contributed by atoms with Gasteiger partial charge in [0.1, 0.15) is 5.75 Å². The van der Waals surface area contributed by atoms with Crippen LogP contribution in [0.1, 0.15) is 24.5 Å². The summed E-state index contributed by atoms with van der Waals surface area (Å²) in [5, 5.41) is 12.1. The minimum absolute atomic E-state index is 0. The van der Waals surface area contributed by atoms with Gasteiger partial charge in [0.25, 0.3) is 0 Å². The molecule has 174 valence electrons. The maximum absolute atomic E-state index is 11.2. The first-order valence-electron chi connectivity index (χ1n) is 9.38. The van der Waals surface area contributed by atoms with Gasteiger partial charge in [0, 0.05) is 24.2 Å². The predicted molar refractivity (Wildman–Crippen MR) is 116 cm³/mol. The van der Waals surface area contributed by atoms with E-state index in [1.807, 2.05) is 24.3 Å². The Morgan fingerprint density at radius 2 is 1.97 bits per heavy atom. The van der Waals surface area contributed by atoms with E-state index in [0.717, 1.165) is 41.7 Å². The van der Waals surface area contributed by atoms with Crippen LogP contribution in [0, 0.1) is 11.8 Å². The van der Waals surface area contributed by atoms with Crippen LogP contribution in [0.25, 0.3) is 10.9 Å². The molecular formula is C20H30N2O8S. The third-order valence-electron chi connectivity index (χ3n) is 5.82. The van der Waals surface area contributed by atoms with Gasteiger partial charge in [-0.15, -0.1) is 6.58 Å². The van der Waals surface area contributed by atoms with Crippen LogP contribution in [-0.4, -0.2) is 69.7 Å². The lowest BCUT2D eigenvalue weighted by molar-refractivity contribution is -0.0444. The van der Waals surface area contributed by atoms with Gasteiger partial charge in [0.2, 0.25) is 0 Å². The largest absolute Gasteiger partial charge is 0.497 e. The molecule has 5 rings (SSSR count). The summed E-state index contributed by atoms with van der Waals surface area (Å²) in [5.41, 5.74) is 1.85. The molecule has 11 heteroatoms. The molecule has 10 nitrogen and oxygen atoms in total. The van der Waals surface area contributed by atoms with Crippen LogP contribution < -0.4 is 4.74 Å². The molecule has 3 aliphatic heterocycles. The molecule has 0 aliphatic carbocycles. The number of benzene rings is 1. The zero-order chi connectivity index (χ0) is 21.2. The van der Waals surface area contributed by atoms with E-state index in [0.29, 0.717) is 11.8 Å². The van der Waals surface area contributed by atoms with Gasteiger partial charge in [-0.25, -0.2) is 0 Å². The fourth-order valence-electron chi connectivity index (χ4n) is 4.44. The lowest BCUT2D eigenvalue weighted by atomic mass is 9.73. The molecule has 0 amide bonds.